The van der Waals surface area contributed by atoms with E-state index < -0.39 is 11.2 Å². The van der Waals surface area contributed by atoms with Gasteiger partial charge in [-0.1, -0.05) is 152 Å². The van der Waals surface area contributed by atoms with Gasteiger partial charge in [0.15, 0.2) is 0 Å². The molecular weight excluding hydrogens is 584 g/mol. The molecule has 0 aliphatic heterocycles. The van der Waals surface area contributed by atoms with Crippen molar-refractivity contribution >= 4 is 0 Å². The van der Waals surface area contributed by atoms with Crippen LogP contribution in [0.2, 0.25) is 0 Å². The van der Waals surface area contributed by atoms with E-state index >= 15 is 0 Å². The van der Waals surface area contributed by atoms with Gasteiger partial charge in [0, 0.05) is 0 Å². The summed E-state index contributed by atoms with van der Waals surface area (Å²) in [6.45, 7) is 3.69. The molecule has 0 aromatic carbocycles. The lowest BCUT2D eigenvalue weighted by atomic mass is 9.95. The molecule has 0 rings (SSSR count). The molecule has 0 saturated heterocycles. The molecule has 0 aromatic rings. The van der Waals surface area contributed by atoms with Crippen LogP contribution in [0.3, 0.4) is 0 Å². The monoisotopic (exact) mass is 663 g/mol. The third-order valence-corrected chi connectivity index (χ3v) is 9.02. The predicted octanol–water partition coefficient (Wildman–Crippen LogP) is 10.9. The van der Waals surface area contributed by atoms with E-state index in [1.54, 1.807) is 0 Å². The Bertz CT molecular complexity index is 698. The van der Waals surface area contributed by atoms with Crippen LogP contribution in [0.15, 0.2) is 48.6 Å². The maximum absolute atomic E-state index is 10.8. The van der Waals surface area contributed by atoms with Crippen LogP contribution in [-0.4, -0.2) is 58.1 Å². The molecule has 0 bridgehead atoms. The van der Waals surface area contributed by atoms with Gasteiger partial charge in [-0.2, -0.15) is 0 Å². The minimum atomic E-state index is -1.30. The average Bonchev–Trinajstić information content (AvgIpc) is 3.08. The molecule has 0 radical (unpaired) electrons. The van der Waals surface area contributed by atoms with Crippen molar-refractivity contribution in [1.82, 2.24) is 0 Å². The van der Waals surface area contributed by atoms with Gasteiger partial charge in [0.05, 0.1) is 26.4 Å². The molecule has 2 atom stereocenters. The van der Waals surface area contributed by atoms with Crippen LogP contribution in [-0.2, 0) is 4.74 Å². The Hall–Kier alpha value is -1.24. The van der Waals surface area contributed by atoms with Crippen molar-refractivity contribution in [3.05, 3.63) is 48.6 Å². The molecule has 0 aliphatic rings. The largest absolute Gasteiger partial charge is 0.393 e. The fraction of sp³-hybridized carbons (Fsp3) is 0.810. The SMILES string of the molecule is CCCCC/C=C\C/C=C\CCCCCCCCC(O)(CO)COCC(O)(CO)CCCCCCCC/C=C\C/C=C\CCCCC. The molecule has 0 aromatic heterocycles. The quantitative estimate of drug-likeness (QED) is 0.0396. The highest BCUT2D eigenvalue weighted by atomic mass is 16.5. The standard InChI is InChI=1S/C42H78O5/c1-3-5-7-9-11-13-15-17-19-21-23-25-27-29-31-33-35-41(45,37-43)39-47-40-42(46,38-44)36-34-32-30-28-26-24-22-20-18-16-14-12-10-8-6-4-2/h11-14,17-20,43-46H,3-10,15-16,21-40H2,1-2H3/b13-11-,14-12-,19-17-,20-18-. The molecule has 0 saturated carbocycles. The Kier molecular flexibility index (Phi) is 33.7. The van der Waals surface area contributed by atoms with Crippen LogP contribution in [0.25, 0.3) is 0 Å². The minimum absolute atomic E-state index is 0.0320. The Labute approximate surface area is 291 Å². The van der Waals surface area contributed by atoms with Crippen molar-refractivity contribution in [3.8, 4) is 0 Å². The van der Waals surface area contributed by atoms with Crippen LogP contribution in [0, 0.1) is 0 Å². The zero-order chi connectivity index (χ0) is 34.6. The molecular formula is C42H78O5. The molecule has 47 heavy (non-hydrogen) atoms. The van der Waals surface area contributed by atoms with Gasteiger partial charge in [-0.15, -0.1) is 0 Å². The summed E-state index contributed by atoms with van der Waals surface area (Å²) >= 11 is 0. The Morgan fingerprint density at radius 1 is 0.404 bits per heavy atom. The maximum atomic E-state index is 10.8. The summed E-state index contributed by atoms with van der Waals surface area (Å²) in [6, 6.07) is 0. The minimum Gasteiger partial charge on any atom is -0.393 e. The van der Waals surface area contributed by atoms with E-state index in [1.165, 1.54) is 89.9 Å². The molecule has 2 unspecified atom stereocenters. The van der Waals surface area contributed by atoms with Gasteiger partial charge in [-0.3, -0.25) is 0 Å². The molecule has 5 nitrogen and oxygen atoms in total. The fourth-order valence-electron chi connectivity index (χ4n) is 5.71. The summed E-state index contributed by atoms with van der Waals surface area (Å²) in [5.41, 5.74) is -2.60. The van der Waals surface area contributed by atoms with Gasteiger partial charge < -0.3 is 25.2 Å². The highest BCUT2D eigenvalue weighted by Gasteiger charge is 2.30. The fourth-order valence-corrected chi connectivity index (χ4v) is 5.71. The lowest BCUT2D eigenvalue weighted by Crippen LogP contribution is -2.43. The molecule has 0 spiro atoms. The molecule has 0 amide bonds. The summed E-state index contributed by atoms with van der Waals surface area (Å²) in [5, 5.41) is 41.2. The van der Waals surface area contributed by atoms with Gasteiger partial charge in [-0.25, -0.2) is 0 Å². The average molecular weight is 663 g/mol. The zero-order valence-electron chi connectivity index (χ0n) is 31.0. The number of unbranched alkanes of at least 4 members (excludes halogenated alkanes) is 18. The normalized spacial score (nSPS) is 15.1. The van der Waals surface area contributed by atoms with E-state index in [2.05, 4.69) is 62.5 Å². The first-order chi connectivity index (χ1) is 22.9. The number of ether oxygens (including phenoxy) is 1. The van der Waals surface area contributed by atoms with Crippen molar-refractivity contribution in [1.29, 1.82) is 0 Å². The molecule has 0 fully saturated rings. The van der Waals surface area contributed by atoms with E-state index in [0.29, 0.717) is 12.8 Å². The second-order valence-corrected chi connectivity index (χ2v) is 13.9. The van der Waals surface area contributed by atoms with Crippen molar-refractivity contribution in [3.63, 3.8) is 0 Å². The summed E-state index contributed by atoms with van der Waals surface area (Å²) in [7, 11) is 0. The Balaban J connectivity index is 3.85. The van der Waals surface area contributed by atoms with Gasteiger partial charge in [0.25, 0.3) is 0 Å². The molecule has 0 heterocycles. The second-order valence-electron chi connectivity index (χ2n) is 13.9. The van der Waals surface area contributed by atoms with Crippen LogP contribution in [0.5, 0.6) is 0 Å². The Morgan fingerprint density at radius 2 is 0.702 bits per heavy atom. The number of rotatable bonds is 36. The predicted molar refractivity (Wildman–Crippen MR) is 203 cm³/mol. The first kappa shape index (κ1) is 45.8. The number of allylic oxidation sites excluding steroid dienone is 8. The van der Waals surface area contributed by atoms with Gasteiger partial charge in [-0.05, 0) is 77.0 Å². The van der Waals surface area contributed by atoms with Gasteiger partial charge >= 0.3 is 0 Å². The third-order valence-electron chi connectivity index (χ3n) is 9.02. The first-order valence-electron chi connectivity index (χ1n) is 19.8. The number of aliphatic hydroxyl groups is 4. The van der Waals surface area contributed by atoms with Crippen molar-refractivity contribution < 1.29 is 25.2 Å². The van der Waals surface area contributed by atoms with Gasteiger partial charge in [0.2, 0.25) is 0 Å². The van der Waals surface area contributed by atoms with Crippen molar-refractivity contribution in [2.24, 2.45) is 0 Å². The van der Waals surface area contributed by atoms with Crippen LogP contribution >= 0.6 is 0 Å². The second kappa shape index (κ2) is 34.6. The van der Waals surface area contributed by atoms with Crippen LogP contribution in [0.1, 0.15) is 181 Å². The van der Waals surface area contributed by atoms with E-state index in [9.17, 15) is 20.4 Å². The number of hydrogen-bond donors (Lipinski definition) is 4. The Morgan fingerprint density at radius 3 is 1.02 bits per heavy atom. The van der Waals surface area contributed by atoms with E-state index in [4.69, 9.17) is 4.74 Å². The van der Waals surface area contributed by atoms with Crippen molar-refractivity contribution in [2.45, 2.75) is 192 Å². The lowest BCUT2D eigenvalue weighted by molar-refractivity contribution is -0.129. The highest BCUT2D eigenvalue weighted by molar-refractivity contribution is 4.93. The maximum Gasteiger partial charge on any atom is 0.111 e. The summed E-state index contributed by atoms with van der Waals surface area (Å²) in [5.74, 6) is 0. The molecule has 0 aliphatic carbocycles. The molecule has 276 valence electrons. The van der Waals surface area contributed by atoms with E-state index in [1.807, 2.05) is 0 Å². The number of aliphatic hydroxyl groups excluding tert-OH is 2. The summed E-state index contributed by atoms with van der Waals surface area (Å²) in [4.78, 5) is 0. The lowest BCUT2D eigenvalue weighted by Gasteiger charge is -2.30. The van der Waals surface area contributed by atoms with Crippen LogP contribution in [0.4, 0.5) is 0 Å². The highest BCUT2D eigenvalue weighted by Crippen LogP contribution is 2.21. The topological polar surface area (TPSA) is 90.2 Å². The third kappa shape index (κ3) is 31.8. The smallest absolute Gasteiger partial charge is 0.111 e. The van der Waals surface area contributed by atoms with E-state index in [0.717, 1.165) is 64.2 Å². The van der Waals surface area contributed by atoms with Gasteiger partial charge in [0.1, 0.15) is 11.2 Å². The van der Waals surface area contributed by atoms with Crippen LogP contribution < -0.4 is 0 Å². The van der Waals surface area contributed by atoms with Crippen molar-refractivity contribution in [2.75, 3.05) is 26.4 Å². The molecule has 4 N–H and O–H groups in total. The zero-order valence-corrected chi connectivity index (χ0v) is 31.0. The van der Waals surface area contributed by atoms with E-state index in [-0.39, 0.29) is 26.4 Å². The number of hydrogen-bond acceptors (Lipinski definition) is 5. The summed E-state index contributed by atoms with van der Waals surface area (Å²) in [6.07, 6.45) is 47.1. The summed E-state index contributed by atoms with van der Waals surface area (Å²) < 4.78 is 5.66. The first-order valence-corrected chi connectivity index (χ1v) is 19.8. The molecule has 5 heteroatoms.